The predicted molar refractivity (Wildman–Crippen MR) is 87.4 cm³/mol. The first-order chi connectivity index (χ1) is 10.3. The number of hydrogen-bond acceptors (Lipinski definition) is 3. The third-order valence-electron chi connectivity index (χ3n) is 4.96. The summed E-state index contributed by atoms with van der Waals surface area (Å²) in [6.45, 7) is 3.96. The van der Waals surface area contributed by atoms with Gasteiger partial charge in [0.05, 0.1) is 17.3 Å². The Morgan fingerprint density at radius 2 is 1.91 bits per heavy atom. The highest BCUT2D eigenvalue weighted by atomic mass is 35.5. The number of aromatic nitrogens is 2. The van der Waals surface area contributed by atoms with Crippen LogP contribution in [0.2, 0.25) is 0 Å². The average Bonchev–Trinajstić information content (AvgIpc) is 3.09. The van der Waals surface area contributed by atoms with Crippen LogP contribution >= 0.6 is 12.4 Å². The van der Waals surface area contributed by atoms with E-state index in [1.165, 1.54) is 0 Å². The number of nitrogens with one attached hydrogen (secondary N) is 1. The zero-order chi connectivity index (χ0) is 14.2. The first kappa shape index (κ1) is 15.3. The SMILES string of the molecule is Cl.O=C(c1cnn2ccccc12)N1CC[C@@H]2CNC[C@@H]2CC1. The Morgan fingerprint density at radius 1 is 1.18 bits per heavy atom. The Bertz CT molecular complexity index is 657. The number of pyridine rings is 1. The van der Waals surface area contributed by atoms with Gasteiger partial charge < -0.3 is 10.2 Å². The van der Waals surface area contributed by atoms with E-state index in [-0.39, 0.29) is 18.3 Å². The van der Waals surface area contributed by atoms with Crippen molar-refractivity contribution >= 4 is 23.8 Å². The van der Waals surface area contributed by atoms with Crippen LogP contribution < -0.4 is 5.32 Å². The average molecular weight is 321 g/mol. The summed E-state index contributed by atoms with van der Waals surface area (Å²) in [5, 5.41) is 7.75. The van der Waals surface area contributed by atoms with Crippen LogP contribution in [-0.4, -0.2) is 46.6 Å². The third kappa shape index (κ3) is 2.59. The lowest BCUT2D eigenvalue weighted by atomic mass is 9.92. The molecule has 0 aromatic carbocycles. The molecule has 6 heteroatoms. The van der Waals surface area contributed by atoms with Crippen LogP contribution in [0.3, 0.4) is 0 Å². The predicted octanol–water partition coefficient (Wildman–Crippen LogP) is 1.83. The largest absolute Gasteiger partial charge is 0.339 e. The van der Waals surface area contributed by atoms with Crippen molar-refractivity contribution in [3.8, 4) is 0 Å². The Labute approximate surface area is 136 Å². The van der Waals surface area contributed by atoms with Gasteiger partial charge in [0.1, 0.15) is 0 Å². The Balaban J connectivity index is 0.00000144. The molecule has 0 aliphatic carbocycles. The minimum absolute atomic E-state index is 0. The van der Waals surface area contributed by atoms with Crippen LogP contribution in [0, 0.1) is 11.8 Å². The van der Waals surface area contributed by atoms with Crippen molar-refractivity contribution in [2.45, 2.75) is 12.8 Å². The van der Waals surface area contributed by atoms with Crippen LogP contribution in [0.5, 0.6) is 0 Å². The maximum absolute atomic E-state index is 12.8. The molecule has 2 atom stereocenters. The molecule has 2 aromatic rings. The van der Waals surface area contributed by atoms with Crippen molar-refractivity contribution in [2.75, 3.05) is 26.2 Å². The molecule has 22 heavy (non-hydrogen) atoms. The Morgan fingerprint density at radius 3 is 2.64 bits per heavy atom. The van der Waals surface area contributed by atoms with Gasteiger partial charge in [-0.1, -0.05) is 6.07 Å². The van der Waals surface area contributed by atoms with Crippen molar-refractivity contribution < 1.29 is 4.79 Å². The monoisotopic (exact) mass is 320 g/mol. The second-order valence-corrected chi connectivity index (χ2v) is 6.14. The summed E-state index contributed by atoms with van der Waals surface area (Å²) in [6.07, 6.45) is 5.81. The van der Waals surface area contributed by atoms with Gasteiger partial charge in [0.15, 0.2) is 0 Å². The minimum Gasteiger partial charge on any atom is -0.339 e. The van der Waals surface area contributed by atoms with Gasteiger partial charge in [-0.2, -0.15) is 5.10 Å². The number of hydrogen-bond donors (Lipinski definition) is 1. The lowest BCUT2D eigenvalue weighted by molar-refractivity contribution is 0.0760. The first-order valence-electron chi connectivity index (χ1n) is 7.75. The van der Waals surface area contributed by atoms with Crippen LogP contribution in [0.15, 0.2) is 30.6 Å². The fourth-order valence-electron chi connectivity index (χ4n) is 3.69. The first-order valence-corrected chi connectivity index (χ1v) is 7.75. The molecular weight excluding hydrogens is 300 g/mol. The summed E-state index contributed by atoms with van der Waals surface area (Å²) < 4.78 is 1.77. The van der Waals surface area contributed by atoms with Crippen molar-refractivity contribution in [2.24, 2.45) is 11.8 Å². The number of nitrogens with zero attached hydrogens (tertiary/aromatic N) is 3. The standard InChI is InChI=1S/C16H20N4O.ClH/c21-16(14-11-18-20-6-2-1-3-15(14)20)19-7-4-12-9-17-10-13(12)5-8-19;/h1-3,6,11-13,17H,4-5,7-10H2;1H/t12-,13+;. The van der Waals surface area contributed by atoms with E-state index in [1.54, 1.807) is 10.7 Å². The topological polar surface area (TPSA) is 49.6 Å². The van der Waals surface area contributed by atoms with Gasteiger partial charge in [-0.05, 0) is 49.9 Å². The number of rotatable bonds is 1. The highest BCUT2D eigenvalue weighted by Crippen LogP contribution is 2.28. The van der Waals surface area contributed by atoms with Crippen molar-refractivity contribution in [1.82, 2.24) is 19.8 Å². The smallest absolute Gasteiger partial charge is 0.257 e. The number of carbonyl (C=O) groups is 1. The number of amides is 1. The summed E-state index contributed by atoms with van der Waals surface area (Å²) in [4.78, 5) is 14.8. The minimum atomic E-state index is 0. The van der Waals surface area contributed by atoms with E-state index < -0.39 is 0 Å². The second-order valence-electron chi connectivity index (χ2n) is 6.14. The van der Waals surface area contributed by atoms with E-state index in [2.05, 4.69) is 10.4 Å². The molecule has 0 spiro atoms. The Kier molecular flexibility index (Phi) is 4.36. The molecule has 4 heterocycles. The van der Waals surface area contributed by atoms with Crippen LogP contribution in [-0.2, 0) is 0 Å². The molecule has 1 N–H and O–H groups in total. The summed E-state index contributed by atoms with van der Waals surface area (Å²) in [7, 11) is 0. The molecule has 0 radical (unpaired) electrons. The quantitative estimate of drug-likeness (QED) is 0.872. The maximum Gasteiger partial charge on any atom is 0.257 e. The molecule has 118 valence electrons. The van der Waals surface area contributed by atoms with E-state index in [0.717, 1.165) is 61.9 Å². The molecule has 0 bridgehead atoms. The van der Waals surface area contributed by atoms with Gasteiger partial charge in [0.2, 0.25) is 0 Å². The number of fused-ring (bicyclic) bond motifs is 2. The molecule has 1 amide bonds. The second kappa shape index (κ2) is 6.26. The van der Waals surface area contributed by atoms with E-state index in [0.29, 0.717) is 0 Å². The summed E-state index contributed by atoms with van der Waals surface area (Å²) in [5.41, 5.74) is 1.62. The van der Waals surface area contributed by atoms with Gasteiger partial charge in [-0.15, -0.1) is 12.4 Å². The maximum atomic E-state index is 12.8. The molecule has 2 fully saturated rings. The highest BCUT2D eigenvalue weighted by molar-refractivity contribution is 6.00. The summed E-state index contributed by atoms with van der Waals surface area (Å²) in [5.74, 6) is 1.61. The van der Waals surface area contributed by atoms with Gasteiger partial charge in [-0.25, -0.2) is 4.52 Å². The molecule has 2 aliphatic heterocycles. The highest BCUT2D eigenvalue weighted by Gasteiger charge is 2.32. The third-order valence-corrected chi connectivity index (χ3v) is 4.96. The number of halogens is 1. The number of carbonyl (C=O) groups excluding carboxylic acids is 1. The normalized spacial score (nSPS) is 24.6. The molecule has 0 unspecified atom stereocenters. The van der Waals surface area contributed by atoms with Crippen LogP contribution in [0.4, 0.5) is 0 Å². The van der Waals surface area contributed by atoms with Crippen molar-refractivity contribution in [1.29, 1.82) is 0 Å². The molecule has 5 nitrogen and oxygen atoms in total. The molecule has 0 saturated carbocycles. The van der Waals surface area contributed by atoms with Gasteiger partial charge in [-0.3, -0.25) is 4.79 Å². The molecule has 2 saturated heterocycles. The molecular formula is C16H21ClN4O. The lowest BCUT2D eigenvalue weighted by Crippen LogP contribution is -2.32. The van der Waals surface area contributed by atoms with E-state index in [9.17, 15) is 4.79 Å². The van der Waals surface area contributed by atoms with Gasteiger partial charge in [0, 0.05) is 19.3 Å². The van der Waals surface area contributed by atoms with Crippen LogP contribution in [0.25, 0.3) is 5.52 Å². The van der Waals surface area contributed by atoms with Crippen molar-refractivity contribution in [3.05, 3.63) is 36.2 Å². The van der Waals surface area contributed by atoms with E-state index in [4.69, 9.17) is 0 Å². The van der Waals surface area contributed by atoms with Crippen molar-refractivity contribution in [3.63, 3.8) is 0 Å². The zero-order valence-corrected chi connectivity index (χ0v) is 13.3. The molecule has 2 aromatic heterocycles. The van der Waals surface area contributed by atoms with E-state index >= 15 is 0 Å². The summed E-state index contributed by atoms with van der Waals surface area (Å²) >= 11 is 0. The summed E-state index contributed by atoms with van der Waals surface area (Å²) in [6, 6.07) is 5.83. The number of likely N-dealkylation sites (tertiary alicyclic amines) is 1. The molecule has 2 aliphatic rings. The molecule has 4 rings (SSSR count). The fourth-order valence-corrected chi connectivity index (χ4v) is 3.69. The lowest BCUT2D eigenvalue weighted by Gasteiger charge is -2.20. The van der Waals surface area contributed by atoms with E-state index in [1.807, 2.05) is 29.3 Å². The fraction of sp³-hybridized carbons (Fsp3) is 0.500. The van der Waals surface area contributed by atoms with Gasteiger partial charge in [0.25, 0.3) is 5.91 Å². The van der Waals surface area contributed by atoms with Gasteiger partial charge >= 0.3 is 0 Å². The Hall–Kier alpha value is -1.59. The zero-order valence-electron chi connectivity index (χ0n) is 12.4. The van der Waals surface area contributed by atoms with Crippen LogP contribution in [0.1, 0.15) is 23.2 Å².